The molecule has 3 N–H and O–H groups in total. The lowest BCUT2D eigenvalue weighted by Crippen LogP contribution is -2.32. The lowest BCUT2D eigenvalue weighted by Gasteiger charge is -2.33. The number of hydrogen-bond donors (Lipinski definition) is 2. The van der Waals surface area contributed by atoms with Crippen molar-refractivity contribution < 1.29 is 4.79 Å². The van der Waals surface area contributed by atoms with Crippen molar-refractivity contribution in [3.8, 4) is 0 Å². The zero-order chi connectivity index (χ0) is 13.4. The molecule has 1 unspecified atom stereocenters. The van der Waals surface area contributed by atoms with E-state index in [1.165, 1.54) is 24.9 Å². The van der Waals surface area contributed by atoms with Gasteiger partial charge in [-0.15, -0.1) is 0 Å². The fourth-order valence-corrected chi connectivity index (χ4v) is 2.88. The number of carbonyl (C=O) groups is 1. The van der Waals surface area contributed by atoms with Crippen LogP contribution in [0.5, 0.6) is 0 Å². The van der Waals surface area contributed by atoms with Crippen LogP contribution in [0.25, 0.3) is 0 Å². The number of nitrogens with one attached hydrogen (secondary N) is 1. The highest BCUT2D eigenvalue weighted by Crippen LogP contribution is 2.34. The molecule has 4 nitrogen and oxygen atoms in total. The van der Waals surface area contributed by atoms with Gasteiger partial charge in [0.25, 0.3) is 0 Å². The Morgan fingerprint density at radius 3 is 2.84 bits per heavy atom. The molecule has 2 aliphatic rings. The van der Waals surface area contributed by atoms with E-state index < -0.39 is 6.04 Å². The van der Waals surface area contributed by atoms with E-state index in [0.717, 1.165) is 30.3 Å². The Kier molecular flexibility index (Phi) is 3.19. The highest BCUT2D eigenvalue weighted by molar-refractivity contribution is 6.02. The lowest BCUT2D eigenvalue weighted by atomic mass is 9.85. The van der Waals surface area contributed by atoms with Crippen molar-refractivity contribution in [1.82, 2.24) is 0 Å². The number of benzene rings is 1. The number of nitrogens with zero attached hydrogens (tertiary/aromatic N) is 1. The Bertz CT molecular complexity index is 496. The van der Waals surface area contributed by atoms with E-state index in [0.29, 0.717) is 0 Å². The number of fused-ring (bicyclic) bond motifs is 1. The molecule has 3 rings (SSSR count). The Hall–Kier alpha value is -1.55. The van der Waals surface area contributed by atoms with Crippen LogP contribution >= 0.6 is 0 Å². The standard InChI is InChI=1S/C15H21N3O/c1-2-18(9-10-4-3-5-10)11-6-7-12-13(8-11)17-15(19)14(12)16/h6-8,10,14H,2-5,9,16H2,1H3,(H,17,19). The van der Waals surface area contributed by atoms with Crippen LogP contribution in [0.3, 0.4) is 0 Å². The van der Waals surface area contributed by atoms with Crippen LogP contribution in [0.2, 0.25) is 0 Å². The van der Waals surface area contributed by atoms with Crippen molar-refractivity contribution in [2.45, 2.75) is 32.2 Å². The molecule has 1 fully saturated rings. The third-order valence-corrected chi connectivity index (χ3v) is 4.36. The van der Waals surface area contributed by atoms with E-state index in [-0.39, 0.29) is 5.91 Å². The minimum atomic E-state index is -0.509. The Labute approximate surface area is 114 Å². The Morgan fingerprint density at radius 2 is 2.21 bits per heavy atom. The molecule has 102 valence electrons. The molecule has 0 spiro atoms. The van der Waals surface area contributed by atoms with Gasteiger partial charge in [0.15, 0.2) is 0 Å². The smallest absolute Gasteiger partial charge is 0.245 e. The van der Waals surface area contributed by atoms with E-state index in [9.17, 15) is 4.79 Å². The summed E-state index contributed by atoms with van der Waals surface area (Å²) in [5, 5.41) is 2.86. The molecule has 1 aromatic carbocycles. The predicted octanol–water partition coefficient (Wildman–Crippen LogP) is 2.26. The molecule has 0 aromatic heterocycles. The van der Waals surface area contributed by atoms with Crippen LogP contribution in [0.15, 0.2) is 18.2 Å². The Morgan fingerprint density at radius 1 is 1.42 bits per heavy atom. The monoisotopic (exact) mass is 259 g/mol. The van der Waals surface area contributed by atoms with Gasteiger partial charge in [-0.05, 0) is 37.8 Å². The van der Waals surface area contributed by atoms with E-state index in [4.69, 9.17) is 5.73 Å². The van der Waals surface area contributed by atoms with Crippen LogP contribution in [-0.2, 0) is 4.79 Å². The van der Waals surface area contributed by atoms with Gasteiger partial charge >= 0.3 is 0 Å². The maximum atomic E-state index is 11.6. The van der Waals surface area contributed by atoms with Crippen molar-refractivity contribution in [1.29, 1.82) is 0 Å². The average molecular weight is 259 g/mol. The van der Waals surface area contributed by atoms with Gasteiger partial charge in [-0.1, -0.05) is 12.5 Å². The van der Waals surface area contributed by atoms with Gasteiger partial charge in [0.1, 0.15) is 6.04 Å². The van der Waals surface area contributed by atoms with Gasteiger partial charge in [0.05, 0.1) is 0 Å². The SMILES string of the molecule is CCN(CC1CCC1)c1ccc2c(c1)NC(=O)C2N. The molecule has 19 heavy (non-hydrogen) atoms. The second-order valence-corrected chi connectivity index (χ2v) is 5.57. The number of carbonyl (C=O) groups excluding carboxylic acids is 1. The third-order valence-electron chi connectivity index (χ3n) is 4.36. The molecule has 1 aromatic rings. The van der Waals surface area contributed by atoms with Gasteiger partial charge in [0, 0.05) is 30.0 Å². The molecule has 4 heteroatoms. The first-order valence-corrected chi connectivity index (χ1v) is 7.14. The summed E-state index contributed by atoms with van der Waals surface area (Å²) in [6.45, 7) is 4.29. The molecule has 1 aliphatic heterocycles. The van der Waals surface area contributed by atoms with Gasteiger partial charge < -0.3 is 16.0 Å². The quantitative estimate of drug-likeness (QED) is 0.872. The number of nitrogens with two attached hydrogens (primary N) is 1. The summed E-state index contributed by atoms with van der Waals surface area (Å²) in [4.78, 5) is 14.0. The summed E-state index contributed by atoms with van der Waals surface area (Å²) in [5.41, 5.74) is 8.80. The molecule has 1 saturated carbocycles. The summed E-state index contributed by atoms with van der Waals surface area (Å²) in [7, 11) is 0. The van der Waals surface area contributed by atoms with Crippen LogP contribution in [0.4, 0.5) is 11.4 Å². The maximum Gasteiger partial charge on any atom is 0.245 e. The molecular formula is C15H21N3O. The first-order chi connectivity index (χ1) is 9.19. The average Bonchev–Trinajstić information content (AvgIpc) is 2.64. The molecule has 1 amide bonds. The van der Waals surface area contributed by atoms with Gasteiger partial charge in [-0.2, -0.15) is 0 Å². The molecule has 0 bridgehead atoms. The molecule has 1 aliphatic carbocycles. The number of hydrogen-bond acceptors (Lipinski definition) is 3. The number of amides is 1. The van der Waals surface area contributed by atoms with Gasteiger partial charge in [-0.25, -0.2) is 0 Å². The minimum Gasteiger partial charge on any atom is -0.371 e. The number of anilines is 2. The van der Waals surface area contributed by atoms with Gasteiger partial charge in [0.2, 0.25) is 5.91 Å². The first-order valence-electron chi connectivity index (χ1n) is 7.14. The fourth-order valence-electron chi connectivity index (χ4n) is 2.88. The summed E-state index contributed by atoms with van der Waals surface area (Å²) in [5.74, 6) is 0.735. The van der Waals surface area contributed by atoms with E-state index >= 15 is 0 Å². The van der Waals surface area contributed by atoms with Crippen molar-refractivity contribution >= 4 is 17.3 Å². The van der Waals surface area contributed by atoms with Gasteiger partial charge in [-0.3, -0.25) is 4.79 Å². The van der Waals surface area contributed by atoms with Crippen LogP contribution in [-0.4, -0.2) is 19.0 Å². The molecule has 0 radical (unpaired) electrons. The summed E-state index contributed by atoms with van der Waals surface area (Å²) in [6.07, 6.45) is 4.07. The van der Waals surface area contributed by atoms with E-state index in [1.807, 2.05) is 6.07 Å². The van der Waals surface area contributed by atoms with Crippen LogP contribution in [0.1, 0.15) is 37.8 Å². The zero-order valence-corrected chi connectivity index (χ0v) is 11.4. The normalized spacial score (nSPS) is 21.8. The fraction of sp³-hybridized carbons (Fsp3) is 0.533. The second kappa shape index (κ2) is 4.85. The second-order valence-electron chi connectivity index (χ2n) is 5.57. The topological polar surface area (TPSA) is 58.4 Å². The van der Waals surface area contributed by atoms with Crippen LogP contribution in [0, 0.1) is 5.92 Å². The number of rotatable bonds is 4. The molecule has 1 atom stereocenters. The Balaban J connectivity index is 1.81. The summed E-state index contributed by atoms with van der Waals surface area (Å²) in [6, 6.07) is 5.62. The first kappa shape index (κ1) is 12.5. The molecular weight excluding hydrogens is 238 g/mol. The van der Waals surface area contributed by atoms with E-state index in [2.05, 4.69) is 29.3 Å². The molecule has 0 saturated heterocycles. The highest BCUT2D eigenvalue weighted by Gasteiger charge is 2.28. The third kappa shape index (κ3) is 2.21. The summed E-state index contributed by atoms with van der Waals surface area (Å²) >= 11 is 0. The minimum absolute atomic E-state index is 0.103. The van der Waals surface area contributed by atoms with Crippen molar-refractivity contribution in [3.05, 3.63) is 23.8 Å². The summed E-state index contributed by atoms with van der Waals surface area (Å²) < 4.78 is 0. The van der Waals surface area contributed by atoms with Crippen LogP contribution < -0.4 is 16.0 Å². The van der Waals surface area contributed by atoms with E-state index in [1.54, 1.807) is 0 Å². The predicted molar refractivity (Wildman–Crippen MR) is 77.2 cm³/mol. The maximum absolute atomic E-state index is 11.6. The largest absolute Gasteiger partial charge is 0.371 e. The zero-order valence-electron chi connectivity index (χ0n) is 11.4. The van der Waals surface area contributed by atoms with Crippen molar-refractivity contribution in [2.24, 2.45) is 11.7 Å². The van der Waals surface area contributed by atoms with Crippen molar-refractivity contribution in [2.75, 3.05) is 23.3 Å². The lowest BCUT2D eigenvalue weighted by molar-refractivity contribution is -0.116. The van der Waals surface area contributed by atoms with Crippen molar-refractivity contribution in [3.63, 3.8) is 0 Å². The molecule has 1 heterocycles. The highest BCUT2D eigenvalue weighted by atomic mass is 16.2.